The summed E-state index contributed by atoms with van der Waals surface area (Å²) in [5.74, 6) is -0.407. The van der Waals surface area contributed by atoms with Crippen molar-refractivity contribution in [2.45, 2.75) is 4.90 Å². The standard InChI is InChI=1S/C18H15FN4O2S/c19-14-3-1-2-13(12-14)4-7-16-10-11-21-18(22-16)23-26(24,25)17-8-5-15(20)6-9-17/h1-12H,20H2,(H,21,22,23)/b7-4+. The van der Waals surface area contributed by atoms with Crippen LogP contribution in [0, 0.1) is 5.82 Å². The fourth-order valence-electron chi connectivity index (χ4n) is 2.13. The molecular weight excluding hydrogens is 355 g/mol. The number of nitrogens with two attached hydrogens (primary N) is 1. The highest BCUT2D eigenvalue weighted by molar-refractivity contribution is 7.92. The summed E-state index contributed by atoms with van der Waals surface area (Å²) in [7, 11) is -3.82. The van der Waals surface area contributed by atoms with Crippen molar-refractivity contribution >= 4 is 33.8 Å². The van der Waals surface area contributed by atoms with Crippen molar-refractivity contribution in [2.24, 2.45) is 0 Å². The fraction of sp³-hybridized carbons (Fsp3) is 0. The van der Waals surface area contributed by atoms with Crippen LogP contribution in [0.2, 0.25) is 0 Å². The van der Waals surface area contributed by atoms with E-state index < -0.39 is 10.0 Å². The molecule has 0 saturated heterocycles. The lowest BCUT2D eigenvalue weighted by Crippen LogP contribution is -2.15. The summed E-state index contributed by atoms with van der Waals surface area (Å²) in [5, 5.41) is 0. The maximum atomic E-state index is 13.2. The van der Waals surface area contributed by atoms with Gasteiger partial charge in [-0.2, -0.15) is 0 Å². The molecule has 1 aromatic heterocycles. The average Bonchev–Trinajstić information content (AvgIpc) is 2.60. The van der Waals surface area contributed by atoms with Crippen LogP contribution >= 0.6 is 0 Å². The molecule has 8 heteroatoms. The molecule has 0 aliphatic rings. The van der Waals surface area contributed by atoms with E-state index in [-0.39, 0.29) is 16.7 Å². The molecule has 132 valence electrons. The van der Waals surface area contributed by atoms with E-state index in [0.29, 0.717) is 16.9 Å². The molecule has 0 radical (unpaired) electrons. The molecule has 0 spiro atoms. The van der Waals surface area contributed by atoms with Crippen LogP contribution in [0.15, 0.2) is 65.7 Å². The lowest BCUT2D eigenvalue weighted by atomic mass is 10.2. The zero-order valence-electron chi connectivity index (χ0n) is 13.5. The number of aromatic nitrogens is 2. The van der Waals surface area contributed by atoms with Gasteiger partial charge in [0.1, 0.15) is 5.82 Å². The minimum Gasteiger partial charge on any atom is -0.399 e. The van der Waals surface area contributed by atoms with Gasteiger partial charge in [-0.1, -0.05) is 18.2 Å². The lowest BCUT2D eigenvalue weighted by Gasteiger charge is -2.07. The van der Waals surface area contributed by atoms with Crippen LogP contribution in [0.5, 0.6) is 0 Å². The Bertz CT molecular complexity index is 1050. The Morgan fingerprint density at radius 3 is 2.54 bits per heavy atom. The van der Waals surface area contributed by atoms with E-state index in [1.165, 1.54) is 42.6 Å². The number of nitrogen functional groups attached to an aromatic ring is 1. The Kier molecular flexibility index (Phi) is 4.94. The summed E-state index contributed by atoms with van der Waals surface area (Å²) in [4.78, 5) is 8.10. The Labute approximate surface area is 150 Å². The first-order valence-corrected chi connectivity index (χ1v) is 9.06. The van der Waals surface area contributed by atoms with E-state index in [4.69, 9.17) is 5.73 Å². The van der Waals surface area contributed by atoms with E-state index in [2.05, 4.69) is 14.7 Å². The molecule has 0 amide bonds. The van der Waals surface area contributed by atoms with E-state index >= 15 is 0 Å². The van der Waals surface area contributed by atoms with E-state index in [9.17, 15) is 12.8 Å². The smallest absolute Gasteiger partial charge is 0.264 e. The molecule has 0 fully saturated rings. The molecule has 3 N–H and O–H groups in total. The van der Waals surface area contributed by atoms with Crippen LogP contribution in [-0.2, 0) is 10.0 Å². The minimum atomic E-state index is -3.82. The second-order valence-corrected chi connectivity index (χ2v) is 7.05. The predicted octanol–water partition coefficient (Wildman–Crippen LogP) is 3.17. The number of sulfonamides is 1. The highest BCUT2D eigenvalue weighted by Gasteiger charge is 2.15. The van der Waals surface area contributed by atoms with Crippen molar-refractivity contribution in [3.8, 4) is 0 Å². The van der Waals surface area contributed by atoms with E-state index in [1.807, 2.05) is 0 Å². The number of rotatable bonds is 5. The average molecular weight is 370 g/mol. The summed E-state index contributed by atoms with van der Waals surface area (Å²) >= 11 is 0. The summed E-state index contributed by atoms with van der Waals surface area (Å²) < 4.78 is 40.2. The maximum absolute atomic E-state index is 13.2. The number of nitrogens with one attached hydrogen (secondary N) is 1. The van der Waals surface area contributed by atoms with Crippen molar-refractivity contribution in [3.05, 3.63) is 77.9 Å². The van der Waals surface area contributed by atoms with Gasteiger partial charge in [0.25, 0.3) is 10.0 Å². The monoisotopic (exact) mass is 370 g/mol. The zero-order chi connectivity index (χ0) is 18.6. The number of hydrogen-bond acceptors (Lipinski definition) is 5. The van der Waals surface area contributed by atoms with Gasteiger partial charge in [-0.15, -0.1) is 0 Å². The molecule has 6 nitrogen and oxygen atoms in total. The van der Waals surface area contributed by atoms with Gasteiger partial charge in [0, 0.05) is 11.9 Å². The Balaban J connectivity index is 1.80. The zero-order valence-corrected chi connectivity index (χ0v) is 14.3. The second-order valence-electron chi connectivity index (χ2n) is 5.37. The molecule has 2 aromatic carbocycles. The SMILES string of the molecule is Nc1ccc(S(=O)(=O)Nc2nccc(/C=C/c3cccc(F)c3)n2)cc1. The molecule has 3 aromatic rings. The van der Waals surface area contributed by atoms with Gasteiger partial charge in [0.2, 0.25) is 5.95 Å². The number of benzene rings is 2. The maximum Gasteiger partial charge on any atom is 0.264 e. The van der Waals surface area contributed by atoms with Gasteiger partial charge in [0.05, 0.1) is 10.6 Å². The lowest BCUT2D eigenvalue weighted by molar-refractivity contribution is 0.601. The van der Waals surface area contributed by atoms with Gasteiger partial charge in [-0.05, 0) is 54.1 Å². The van der Waals surface area contributed by atoms with Gasteiger partial charge in [-0.3, -0.25) is 0 Å². The third kappa shape index (κ3) is 4.42. The number of halogens is 1. The molecule has 1 heterocycles. The Hall–Kier alpha value is -3.26. The van der Waals surface area contributed by atoms with Gasteiger partial charge in [-0.25, -0.2) is 27.5 Å². The third-order valence-corrected chi connectivity index (χ3v) is 4.73. The molecular formula is C18H15FN4O2S. The predicted molar refractivity (Wildman–Crippen MR) is 99.0 cm³/mol. The number of nitrogens with zero attached hydrogens (tertiary/aromatic N) is 2. The quantitative estimate of drug-likeness (QED) is 0.672. The normalized spacial score (nSPS) is 11.6. The molecule has 0 atom stereocenters. The summed E-state index contributed by atoms with van der Waals surface area (Å²) in [6, 6.07) is 13.5. The molecule has 3 rings (SSSR count). The Morgan fingerprint density at radius 1 is 1.04 bits per heavy atom. The van der Waals surface area contributed by atoms with Crippen LogP contribution in [0.3, 0.4) is 0 Å². The van der Waals surface area contributed by atoms with Crippen molar-refractivity contribution in [3.63, 3.8) is 0 Å². The van der Waals surface area contributed by atoms with Gasteiger partial charge >= 0.3 is 0 Å². The molecule has 0 bridgehead atoms. The molecule has 0 aliphatic carbocycles. The fourth-order valence-corrected chi connectivity index (χ4v) is 3.08. The van der Waals surface area contributed by atoms with Crippen LogP contribution < -0.4 is 10.5 Å². The first kappa shape index (κ1) is 17.6. The number of anilines is 2. The molecule has 0 aliphatic heterocycles. The molecule has 26 heavy (non-hydrogen) atoms. The van der Waals surface area contributed by atoms with Crippen molar-refractivity contribution < 1.29 is 12.8 Å². The first-order valence-electron chi connectivity index (χ1n) is 7.57. The third-order valence-electron chi connectivity index (χ3n) is 3.39. The van der Waals surface area contributed by atoms with Crippen molar-refractivity contribution in [2.75, 3.05) is 10.5 Å². The van der Waals surface area contributed by atoms with Crippen LogP contribution in [0.1, 0.15) is 11.3 Å². The topological polar surface area (TPSA) is 98.0 Å². The minimum absolute atomic E-state index is 0.0519. The van der Waals surface area contributed by atoms with Crippen LogP contribution in [0.25, 0.3) is 12.2 Å². The van der Waals surface area contributed by atoms with Crippen LogP contribution in [-0.4, -0.2) is 18.4 Å². The molecule has 0 unspecified atom stereocenters. The highest BCUT2D eigenvalue weighted by atomic mass is 32.2. The van der Waals surface area contributed by atoms with Crippen molar-refractivity contribution in [1.29, 1.82) is 0 Å². The van der Waals surface area contributed by atoms with Gasteiger partial charge < -0.3 is 5.73 Å². The van der Waals surface area contributed by atoms with Crippen molar-refractivity contribution in [1.82, 2.24) is 9.97 Å². The number of hydrogen-bond donors (Lipinski definition) is 2. The van der Waals surface area contributed by atoms with E-state index in [1.54, 1.807) is 30.4 Å². The van der Waals surface area contributed by atoms with E-state index in [0.717, 1.165) is 0 Å². The largest absolute Gasteiger partial charge is 0.399 e. The van der Waals surface area contributed by atoms with Crippen LogP contribution in [0.4, 0.5) is 16.0 Å². The summed E-state index contributed by atoms with van der Waals surface area (Å²) in [6.07, 6.45) is 4.74. The Morgan fingerprint density at radius 2 is 1.81 bits per heavy atom. The molecule has 0 saturated carbocycles. The second kappa shape index (κ2) is 7.32. The summed E-state index contributed by atoms with van der Waals surface area (Å²) in [6.45, 7) is 0. The highest BCUT2D eigenvalue weighted by Crippen LogP contribution is 2.15. The first-order chi connectivity index (χ1) is 12.4. The summed E-state index contributed by atoms with van der Waals surface area (Å²) in [5.41, 5.74) is 7.16. The van der Waals surface area contributed by atoms with Gasteiger partial charge in [0.15, 0.2) is 0 Å².